The number of hydrogen-bond donors (Lipinski definition) is 2. The molecule has 168 valence electrons. The molecule has 2 heterocycles. The van der Waals surface area contributed by atoms with Crippen molar-refractivity contribution in [3.63, 3.8) is 0 Å². The van der Waals surface area contributed by atoms with Gasteiger partial charge < -0.3 is 4.90 Å². The molecule has 2 N–H and O–H groups in total. The Balaban J connectivity index is 1.87. The van der Waals surface area contributed by atoms with Crippen LogP contribution in [0, 0.1) is 16.7 Å². The van der Waals surface area contributed by atoms with E-state index in [1.807, 2.05) is 13.0 Å². The van der Waals surface area contributed by atoms with Crippen LogP contribution in [0.1, 0.15) is 37.3 Å². The van der Waals surface area contributed by atoms with Gasteiger partial charge in [-0.15, -0.1) is 0 Å². The molecule has 6 nitrogen and oxygen atoms in total. The lowest BCUT2D eigenvalue weighted by molar-refractivity contribution is -0.136. The zero-order valence-corrected chi connectivity index (χ0v) is 17.8. The highest BCUT2D eigenvalue weighted by Gasteiger charge is 2.44. The van der Waals surface area contributed by atoms with Crippen molar-refractivity contribution >= 4 is 17.7 Å². The van der Waals surface area contributed by atoms with Crippen molar-refractivity contribution < 1.29 is 13.2 Å². The number of halogens is 3. The molecular weight excluding hydrogens is 419 g/mol. The number of likely N-dealkylation sites (N-methyl/N-ethyl adjacent to an activating group) is 1. The first-order valence-corrected chi connectivity index (χ1v) is 10.3. The van der Waals surface area contributed by atoms with E-state index in [-0.39, 0.29) is 17.3 Å². The van der Waals surface area contributed by atoms with E-state index < -0.39 is 22.8 Å². The Labute approximate surface area is 182 Å². The van der Waals surface area contributed by atoms with Crippen LogP contribution in [0.3, 0.4) is 0 Å². The number of rotatable bonds is 5. The lowest BCUT2D eigenvalue weighted by atomic mass is 9.62. The highest BCUT2D eigenvalue weighted by atomic mass is 19.4. The van der Waals surface area contributed by atoms with Crippen LogP contribution in [-0.2, 0) is 11.6 Å². The van der Waals surface area contributed by atoms with Crippen LogP contribution in [0.4, 0.5) is 13.2 Å². The van der Waals surface area contributed by atoms with E-state index in [1.54, 1.807) is 25.2 Å². The number of benzene rings is 1. The topological polar surface area (TPSA) is 77.3 Å². The monoisotopic (exact) mass is 443 g/mol. The van der Waals surface area contributed by atoms with E-state index in [0.29, 0.717) is 5.69 Å². The fourth-order valence-corrected chi connectivity index (χ4v) is 4.50. The SMILES string of the molecule is CN(C=N)C(=N)C(C)(c1cccc(-n2cc3c(C(F)(F)F)cccn3c2=O)c1)C1CCC1. The molecule has 1 aromatic carbocycles. The van der Waals surface area contributed by atoms with E-state index in [4.69, 9.17) is 10.8 Å². The number of nitrogens with one attached hydrogen (secondary N) is 2. The number of hydrogen-bond acceptors (Lipinski definition) is 3. The van der Waals surface area contributed by atoms with Crippen molar-refractivity contribution in [3.05, 3.63) is 70.4 Å². The summed E-state index contributed by atoms with van der Waals surface area (Å²) in [6.07, 6.45) is 1.99. The summed E-state index contributed by atoms with van der Waals surface area (Å²) in [7, 11) is 1.65. The van der Waals surface area contributed by atoms with Crippen molar-refractivity contribution in [3.8, 4) is 5.69 Å². The molecule has 0 spiro atoms. The first kappa shape index (κ1) is 21.9. The molecule has 0 radical (unpaired) electrons. The summed E-state index contributed by atoms with van der Waals surface area (Å²) >= 11 is 0. The minimum Gasteiger partial charge on any atom is -0.324 e. The molecule has 4 rings (SSSR count). The first-order valence-electron chi connectivity index (χ1n) is 10.3. The van der Waals surface area contributed by atoms with Crippen LogP contribution in [0.5, 0.6) is 0 Å². The van der Waals surface area contributed by atoms with Crippen molar-refractivity contribution in [2.75, 3.05) is 7.05 Å². The van der Waals surface area contributed by atoms with Gasteiger partial charge in [0, 0.05) is 19.4 Å². The average molecular weight is 443 g/mol. The minimum absolute atomic E-state index is 0.203. The summed E-state index contributed by atoms with van der Waals surface area (Å²) < 4.78 is 42.5. The molecule has 1 fully saturated rings. The standard InChI is InChI=1S/C23H24F3N5O/c1-22(15-6-3-7-15,20(28)29(2)14-27)16-8-4-9-17(12-16)31-13-19-18(23(24,25)26)10-5-11-30(19)21(31)32/h4-5,8-15,27-28H,3,6-7H2,1-2H3. The molecule has 32 heavy (non-hydrogen) atoms. The van der Waals surface area contributed by atoms with Crippen molar-refractivity contribution in [2.45, 2.75) is 37.8 Å². The van der Waals surface area contributed by atoms with Gasteiger partial charge >= 0.3 is 11.9 Å². The third-order valence-electron chi connectivity index (χ3n) is 6.69. The smallest absolute Gasteiger partial charge is 0.324 e. The highest BCUT2D eigenvalue weighted by molar-refractivity contribution is 5.97. The van der Waals surface area contributed by atoms with Crippen LogP contribution in [0.25, 0.3) is 11.2 Å². The summed E-state index contributed by atoms with van der Waals surface area (Å²) in [5.74, 6) is 0.470. The number of pyridine rings is 1. The normalized spacial score (nSPS) is 16.4. The Morgan fingerprint density at radius 3 is 2.53 bits per heavy atom. The molecule has 9 heteroatoms. The third-order valence-corrected chi connectivity index (χ3v) is 6.69. The van der Waals surface area contributed by atoms with E-state index >= 15 is 0 Å². The molecule has 0 saturated heterocycles. The lowest BCUT2D eigenvalue weighted by Gasteiger charge is -2.45. The van der Waals surface area contributed by atoms with Gasteiger partial charge in [-0.25, -0.2) is 4.79 Å². The fourth-order valence-electron chi connectivity index (χ4n) is 4.50. The van der Waals surface area contributed by atoms with Gasteiger partial charge in [0.15, 0.2) is 0 Å². The van der Waals surface area contributed by atoms with Gasteiger partial charge in [0.2, 0.25) is 0 Å². The molecule has 1 aliphatic carbocycles. The van der Waals surface area contributed by atoms with Gasteiger partial charge in [-0.2, -0.15) is 13.2 Å². The molecule has 1 saturated carbocycles. The van der Waals surface area contributed by atoms with Gasteiger partial charge in [-0.1, -0.05) is 18.6 Å². The Hall–Kier alpha value is -3.36. The first-order chi connectivity index (χ1) is 15.1. The zero-order valence-electron chi connectivity index (χ0n) is 17.8. The second-order valence-corrected chi connectivity index (χ2v) is 8.43. The van der Waals surface area contributed by atoms with Gasteiger partial charge in [-0.3, -0.25) is 19.8 Å². The van der Waals surface area contributed by atoms with Gasteiger partial charge in [0.1, 0.15) is 5.84 Å². The number of amidine groups is 1. The minimum atomic E-state index is -4.58. The average Bonchev–Trinajstić information content (AvgIpc) is 3.07. The molecular formula is C23H24F3N5O. The summed E-state index contributed by atoms with van der Waals surface area (Å²) in [5, 5.41) is 16.3. The second-order valence-electron chi connectivity index (χ2n) is 8.43. The van der Waals surface area contributed by atoms with Crippen LogP contribution >= 0.6 is 0 Å². The molecule has 3 aromatic rings. The third kappa shape index (κ3) is 3.32. The Kier molecular flexibility index (Phi) is 5.22. The molecule has 1 unspecified atom stereocenters. The van der Waals surface area contributed by atoms with E-state index in [9.17, 15) is 18.0 Å². The summed E-state index contributed by atoms with van der Waals surface area (Å²) in [6.45, 7) is 1.96. The van der Waals surface area contributed by atoms with Gasteiger partial charge in [-0.05, 0) is 55.5 Å². The van der Waals surface area contributed by atoms with Crippen molar-refractivity contribution in [2.24, 2.45) is 5.92 Å². The summed E-state index contributed by atoms with van der Waals surface area (Å²) in [6, 6.07) is 9.22. The summed E-state index contributed by atoms with van der Waals surface area (Å²) in [4.78, 5) is 14.4. The quantitative estimate of drug-likeness (QED) is 0.444. The molecule has 0 aliphatic heterocycles. The molecule has 1 aliphatic rings. The Morgan fingerprint density at radius 2 is 1.94 bits per heavy atom. The van der Waals surface area contributed by atoms with Crippen molar-refractivity contribution in [1.82, 2.24) is 13.9 Å². The number of alkyl halides is 3. The summed E-state index contributed by atoms with van der Waals surface area (Å²) in [5.41, 5.74) is -1.16. The lowest BCUT2D eigenvalue weighted by Crippen LogP contribution is -2.49. The number of fused-ring (bicyclic) bond motifs is 1. The fraction of sp³-hybridized carbons (Fsp3) is 0.348. The highest BCUT2D eigenvalue weighted by Crippen LogP contribution is 2.45. The van der Waals surface area contributed by atoms with Gasteiger partial charge in [0.05, 0.1) is 28.5 Å². The maximum atomic E-state index is 13.4. The number of aromatic nitrogens is 2. The molecule has 2 aromatic heterocycles. The van der Waals surface area contributed by atoms with Crippen molar-refractivity contribution in [1.29, 1.82) is 10.8 Å². The van der Waals surface area contributed by atoms with Crippen LogP contribution in [-0.4, -0.2) is 33.1 Å². The van der Waals surface area contributed by atoms with E-state index in [1.165, 1.54) is 27.9 Å². The number of imidazole rings is 1. The molecule has 0 bridgehead atoms. The Bertz CT molecular complexity index is 1250. The maximum Gasteiger partial charge on any atom is 0.418 e. The van der Waals surface area contributed by atoms with Crippen LogP contribution in [0.15, 0.2) is 53.6 Å². The maximum absolute atomic E-state index is 13.4. The largest absolute Gasteiger partial charge is 0.418 e. The molecule has 0 amide bonds. The van der Waals surface area contributed by atoms with E-state index in [0.717, 1.165) is 41.6 Å². The van der Waals surface area contributed by atoms with Crippen LogP contribution < -0.4 is 5.69 Å². The Morgan fingerprint density at radius 1 is 1.22 bits per heavy atom. The van der Waals surface area contributed by atoms with Crippen LogP contribution in [0.2, 0.25) is 0 Å². The predicted octanol–water partition coefficient (Wildman–Crippen LogP) is 4.68. The zero-order chi connectivity index (χ0) is 23.3. The van der Waals surface area contributed by atoms with E-state index in [2.05, 4.69) is 0 Å². The number of nitrogens with zero attached hydrogens (tertiary/aromatic N) is 3. The second kappa shape index (κ2) is 7.65. The molecule has 1 atom stereocenters. The predicted molar refractivity (Wildman–Crippen MR) is 117 cm³/mol. The van der Waals surface area contributed by atoms with Gasteiger partial charge in [0.25, 0.3) is 0 Å².